The third-order valence-corrected chi connectivity index (χ3v) is 9.16. The summed E-state index contributed by atoms with van der Waals surface area (Å²) >= 11 is 0. The van der Waals surface area contributed by atoms with Crippen molar-refractivity contribution in [3.05, 3.63) is 11.6 Å². The van der Waals surface area contributed by atoms with Gasteiger partial charge in [-0.05, 0) is 86.9 Å². The fourth-order valence-corrected chi connectivity index (χ4v) is 7.77. The van der Waals surface area contributed by atoms with Crippen molar-refractivity contribution in [3.8, 4) is 0 Å². The van der Waals surface area contributed by atoms with Gasteiger partial charge in [-0.15, -0.1) is 0 Å². The second kappa shape index (κ2) is 6.17. The minimum absolute atomic E-state index is 0.222. The standard InChI is InChI=1S/C23H36O3/c1-15(24)18-7-8-19-17-6-5-16-13-23(25,14-26-4)12-11-21(16,2)20(17)9-10-22(18,19)3/h5,17-20,25H,6-14H2,1-4H3/t17?,18-,19?,20?,21+,22-,23+/m1/s1. The topological polar surface area (TPSA) is 46.5 Å². The third kappa shape index (κ3) is 2.57. The van der Waals surface area contributed by atoms with Gasteiger partial charge in [0.1, 0.15) is 5.78 Å². The van der Waals surface area contributed by atoms with Crippen LogP contribution in [0.4, 0.5) is 0 Å². The molecular weight excluding hydrogens is 324 g/mol. The van der Waals surface area contributed by atoms with Gasteiger partial charge in [0.15, 0.2) is 0 Å². The van der Waals surface area contributed by atoms with E-state index in [-0.39, 0.29) is 16.7 Å². The van der Waals surface area contributed by atoms with Crippen LogP contribution in [0.15, 0.2) is 11.6 Å². The summed E-state index contributed by atoms with van der Waals surface area (Å²) in [7, 11) is 1.69. The lowest BCUT2D eigenvalue weighted by molar-refractivity contribution is -0.128. The largest absolute Gasteiger partial charge is 0.387 e. The number of fused-ring (bicyclic) bond motifs is 5. The Kier molecular flexibility index (Phi) is 4.43. The smallest absolute Gasteiger partial charge is 0.133 e. The molecule has 0 spiro atoms. The maximum Gasteiger partial charge on any atom is 0.133 e. The van der Waals surface area contributed by atoms with Gasteiger partial charge < -0.3 is 9.84 Å². The summed E-state index contributed by atoms with van der Waals surface area (Å²) in [5.74, 6) is 2.84. The van der Waals surface area contributed by atoms with Crippen molar-refractivity contribution in [1.29, 1.82) is 0 Å². The molecule has 0 aromatic carbocycles. The lowest BCUT2D eigenvalue weighted by Gasteiger charge is -2.59. The summed E-state index contributed by atoms with van der Waals surface area (Å²) < 4.78 is 5.30. The number of rotatable bonds is 3. The van der Waals surface area contributed by atoms with Gasteiger partial charge in [-0.25, -0.2) is 0 Å². The predicted molar refractivity (Wildman–Crippen MR) is 103 cm³/mol. The van der Waals surface area contributed by atoms with E-state index in [4.69, 9.17) is 4.74 Å². The molecule has 0 amide bonds. The molecule has 3 saturated carbocycles. The molecule has 0 aliphatic heterocycles. The zero-order chi connectivity index (χ0) is 18.7. The van der Waals surface area contributed by atoms with Crippen molar-refractivity contribution in [1.82, 2.24) is 0 Å². The monoisotopic (exact) mass is 360 g/mol. The Labute approximate surface area is 158 Å². The molecule has 146 valence electrons. The van der Waals surface area contributed by atoms with E-state index in [1.807, 2.05) is 6.92 Å². The van der Waals surface area contributed by atoms with Crippen LogP contribution in [0.3, 0.4) is 0 Å². The van der Waals surface area contributed by atoms with E-state index in [1.54, 1.807) is 7.11 Å². The van der Waals surface area contributed by atoms with E-state index in [9.17, 15) is 9.90 Å². The summed E-state index contributed by atoms with van der Waals surface area (Å²) in [6.45, 7) is 7.12. The van der Waals surface area contributed by atoms with Crippen molar-refractivity contribution in [2.24, 2.45) is 34.5 Å². The molecule has 0 radical (unpaired) electrons. The van der Waals surface area contributed by atoms with Crippen molar-refractivity contribution in [3.63, 3.8) is 0 Å². The van der Waals surface area contributed by atoms with Gasteiger partial charge in [0.25, 0.3) is 0 Å². The van der Waals surface area contributed by atoms with Crippen LogP contribution < -0.4 is 0 Å². The van der Waals surface area contributed by atoms with Gasteiger partial charge >= 0.3 is 0 Å². The fourth-order valence-electron chi connectivity index (χ4n) is 7.77. The maximum atomic E-state index is 12.2. The van der Waals surface area contributed by atoms with Crippen molar-refractivity contribution >= 4 is 5.78 Å². The van der Waals surface area contributed by atoms with Gasteiger partial charge in [-0.3, -0.25) is 4.79 Å². The van der Waals surface area contributed by atoms with Crippen LogP contribution in [0.2, 0.25) is 0 Å². The molecule has 3 nitrogen and oxygen atoms in total. The molecule has 3 unspecified atom stereocenters. The van der Waals surface area contributed by atoms with Crippen molar-refractivity contribution in [2.75, 3.05) is 13.7 Å². The number of carbonyl (C=O) groups excluding carboxylic acids is 1. The van der Waals surface area contributed by atoms with Crippen LogP contribution in [0, 0.1) is 34.5 Å². The molecule has 26 heavy (non-hydrogen) atoms. The van der Waals surface area contributed by atoms with Crippen molar-refractivity contribution < 1.29 is 14.6 Å². The molecule has 1 N–H and O–H groups in total. The molecule has 3 fully saturated rings. The average Bonchev–Trinajstić information content (AvgIpc) is 2.93. The Hall–Kier alpha value is -0.670. The van der Waals surface area contributed by atoms with Crippen LogP contribution in [0.1, 0.15) is 72.1 Å². The normalized spacial score (nSPS) is 50.4. The Morgan fingerprint density at radius 2 is 1.96 bits per heavy atom. The molecule has 0 aromatic rings. The van der Waals surface area contributed by atoms with Gasteiger partial charge in [0.05, 0.1) is 12.2 Å². The van der Waals surface area contributed by atoms with E-state index >= 15 is 0 Å². The highest BCUT2D eigenvalue weighted by atomic mass is 16.5. The molecule has 4 aliphatic rings. The molecule has 4 aliphatic carbocycles. The summed E-state index contributed by atoms with van der Waals surface area (Å²) in [5.41, 5.74) is 1.26. The number of ether oxygens (including phenoxy) is 1. The van der Waals surface area contributed by atoms with Gasteiger partial charge in [0.2, 0.25) is 0 Å². The molecule has 0 saturated heterocycles. The van der Waals surface area contributed by atoms with Gasteiger partial charge in [-0.1, -0.05) is 25.5 Å². The Bertz CT molecular complexity index is 625. The Balaban J connectivity index is 1.62. The van der Waals surface area contributed by atoms with E-state index < -0.39 is 5.60 Å². The molecule has 0 bridgehead atoms. The number of allylic oxidation sites excluding steroid dienone is 1. The van der Waals surface area contributed by atoms with E-state index in [2.05, 4.69) is 19.9 Å². The van der Waals surface area contributed by atoms with Crippen LogP contribution in [0.25, 0.3) is 0 Å². The van der Waals surface area contributed by atoms with E-state index in [1.165, 1.54) is 24.8 Å². The summed E-state index contributed by atoms with van der Waals surface area (Å²) in [4.78, 5) is 12.2. The van der Waals surface area contributed by atoms with Gasteiger partial charge in [0, 0.05) is 13.0 Å². The first-order valence-corrected chi connectivity index (χ1v) is 10.6. The number of hydrogen-bond donors (Lipinski definition) is 1. The summed E-state index contributed by atoms with van der Waals surface area (Å²) in [6, 6.07) is 0. The summed E-state index contributed by atoms with van der Waals surface area (Å²) in [6.07, 6.45) is 11.1. The molecule has 0 heterocycles. The molecule has 7 atom stereocenters. The predicted octanol–water partition coefficient (Wildman–Crippen LogP) is 4.53. The minimum atomic E-state index is -0.677. The lowest BCUT2D eigenvalue weighted by atomic mass is 9.46. The zero-order valence-electron chi connectivity index (χ0n) is 17.0. The highest BCUT2D eigenvalue weighted by Crippen LogP contribution is 2.66. The van der Waals surface area contributed by atoms with Gasteiger partial charge in [-0.2, -0.15) is 0 Å². The summed E-state index contributed by atoms with van der Waals surface area (Å²) in [5, 5.41) is 10.9. The second-order valence-corrected chi connectivity index (χ2v) is 10.4. The highest BCUT2D eigenvalue weighted by Gasteiger charge is 2.60. The van der Waals surface area contributed by atoms with Crippen LogP contribution >= 0.6 is 0 Å². The Morgan fingerprint density at radius 1 is 1.19 bits per heavy atom. The lowest BCUT2D eigenvalue weighted by Crippen LogP contribution is -2.53. The molecule has 4 rings (SSSR count). The highest BCUT2D eigenvalue weighted by molar-refractivity contribution is 5.79. The van der Waals surface area contributed by atoms with E-state index in [0.29, 0.717) is 18.3 Å². The number of ketones is 1. The molecular formula is C23H36O3. The first kappa shape index (κ1) is 18.7. The first-order valence-electron chi connectivity index (χ1n) is 10.6. The quantitative estimate of drug-likeness (QED) is 0.752. The number of hydrogen-bond acceptors (Lipinski definition) is 3. The Morgan fingerprint density at radius 3 is 2.65 bits per heavy atom. The first-order chi connectivity index (χ1) is 12.2. The van der Waals surface area contributed by atoms with Crippen LogP contribution in [-0.2, 0) is 9.53 Å². The van der Waals surface area contributed by atoms with Crippen LogP contribution in [0.5, 0.6) is 0 Å². The van der Waals surface area contributed by atoms with E-state index in [0.717, 1.165) is 43.9 Å². The SMILES string of the molecule is COC[C@]1(O)CC[C@@]2(C)C(=CCC3C2CC[C@@]2(C)C3CC[C@@H]2C(C)=O)C1. The molecule has 3 heteroatoms. The number of aliphatic hydroxyl groups is 1. The van der Waals surface area contributed by atoms with Crippen LogP contribution in [-0.4, -0.2) is 30.2 Å². The zero-order valence-corrected chi connectivity index (χ0v) is 17.0. The maximum absolute atomic E-state index is 12.2. The second-order valence-electron chi connectivity index (χ2n) is 10.4. The fraction of sp³-hybridized carbons (Fsp3) is 0.870. The number of carbonyl (C=O) groups is 1. The third-order valence-electron chi connectivity index (χ3n) is 9.16. The minimum Gasteiger partial charge on any atom is -0.387 e. The number of Topliss-reactive ketones (excluding diaryl/α,β-unsaturated/α-hetero) is 1. The number of methoxy groups -OCH3 is 1. The van der Waals surface area contributed by atoms with Crippen molar-refractivity contribution in [2.45, 2.75) is 77.7 Å². The molecule has 0 aromatic heterocycles. The average molecular weight is 361 g/mol.